The molecule has 1 amide bonds. The molecule has 2 aromatic carbocycles. The van der Waals surface area contributed by atoms with Gasteiger partial charge in [0.1, 0.15) is 5.82 Å². The molecular weight excluding hydrogens is 457 g/mol. The number of anilines is 1. The summed E-state index contributed by atoms with van der Waals surface area (Å²) in [6, 6.07) is 9.96. The number of rotatable bonds is 4. The topological polar surface area (TPSA) is 91.6 Å². The number of fused-ring (bicyclic) bond motifs is 1. The summed E-state index contributed by atoms with van der Waals surface area (Å²) in [7, 11) is -1.92. The van der Waals surface area contributed by atoms with Crippen LogP contribution in [0.1, 0.15) is 45.1 Å². The number of nitrogens with zero attached hydrogens (tertiary/aromatic N) is 2. The first-order valence-electron chi connectivity index (χ1n) is 11.2. The third-order valence-corrected chi connectivity index (χ3v) is 8.08. The number of piperidine rings is 1. The number of hydrogen-bond donors (Lipinski definition) is 2. The molecule has 3 aromatic rings. The molecule has 9 heteroatoms. The highest BCUT2D eigenvalue weighted by Crippen LogP contribution is 2.42. The smallest absolute Gasteiger partial charge is 0.407 e. The standard InChI is InChI=1S/C25H30FN3O4S/c1-25(2,3)23-13-16(11-12-29(23)24(30)31)21-15-28(4)22-10-7-18(14-20(21)22)27-34(32,33)19-8-5-17(26)6-9-19/h5-10,14-16,23,27H,11-13H2,1-4H3,(H,30,31). The maximum Gasteiger partial charge on any atom is 0.407 e. The van der Waals surface area contributed by atoms with Gasteiger partial charge in [-0.05, 0) is 72.2 Å². The van der Waals surface area contributed by atoms with Gasteiger partial charge in [-0.1, -0.05) is 20.8 Å². The lowest BCUT2D eigenvalue weighted by Gasteiger charge is -2.44. The van der Waals surface area contributed by atoms with Crippen molar-refractivity contribution in [2.45, 2.75) is 50.5 Å². The van der Waals surface area contributed by atoms with Crippen molar-refractivity contribution in [3.05, 3.63) is 60.0 Å². The molecule has 2 unspecified atom stereocenters. The van der Waals surface area contributed by atoms with E-state index in [2.05, 4.69) is 31.7 Å². The van der Waals surface area contributed by atoms with Gasteiger partial charge >= 0.3 is 6.09 Å². The second-order valence-electron chi connectivity index (χ2n) is 10.1. The maximum atomic E-state index is 13.2. The lowest BCUT2D eigenvalue weighted by Crippen LogP contribution is -2.51. The van der Waals surface area contributed by atoms with E-state index in [1.165, 1.54) is 12.1 Å². The Bertz CT molecular complexity index is 1330. The number of aromatic nitrogens is 1. The Kier molecular flexibility index (Phi) is 6.10. The van der Waals surface area contributed by atoms with E-state index in [0.717, 1.165) is 28.6 Å². The maximum absolute atomic E-state index is 13.2. The lowest BCUT2D eigenvalue weighted by molar-refractivity contribution is 0.0527. The number of hydrogen-bond acceptors (Lipinski definition) is 3. The quantitative estimate of drug-likeness (QED) is 0.516. The first-order chi connectivity index (χ1) is 15.9. The van der Waals surface area contributed by atoms with Gasteiger partial charge in [0, 0.05) is 42.4 Å². The van der Waals surface area contributed by atoms with E-state index in [-0.39, 0.29) is 22.3 Å². The summed E-state index contributed by atoms with van der Waals surface area (Å²) in [6.07, 6.45) is 2.56. The number of carbonyl (C=O) groups is 1. The average Bonchev–Trinajstić information content (AvgIpc) is 3.08. The van der Waals surface area contributed by atoms with Crippen LogP contribution in [-0.2, 0) is 17.1 Å². The molecule has 182 valence electrons. The zero-order chi connectivity index (χ0) is 24.8. The van der Waals surface area contributed by atoms with Crippen LogP contribution in [0.25, 0.3) is 10.9 Å². The Morgan fingerprint density at radius 1 is 1.15 bits per heavy atom. The molecule has 0 bridgehead atoms. The Balaban J connectivity index is 1.68. The average molecular weight is 488 g/mol. The molecular formula is C25H30FN3O4S. The van der Waals surface area contributed by atoms with Gasteiger partial charge in [-0.15, -0.1) is 0 Å². The van der Waals surface area contributed by atoms with Gasteiger partial charge in [-0.25, -0.2) is 17.6 Å². The predicted octanol–water partition coefficient (Wildman–Crippen LogP) is 5.39. The number of aryl methyl sites for hydroxylation is 1. The minimum absolute atomic E-state index is 0.0173. The summed E-state index contributed by atoms with van der Waals surface area (Å²) in [4.78, 5) is 13.3. The van der Waals surface area contributed by atoms with Crippen molar-refractivity contribution in [3.63, 3.8) is 0 Å². The van der Waals surface area contributed by atoms with Gasteiger partial charge in [0.2, 0.25) is 0 Å². The van der Waals surface area contributed by atoms with Gasteiger partial charge in [0.15, 0.2) is 0 Å². The summed E-state index contributed by atoms with van der Waals surface area (Å²) >= 11 is 0. The predicted molar refractivity (Wildman–Crippen MR) is 130 cm³/mol. The molecule has 34 heavy (non-hydrogen) atoms. The van der Waals surface area contributed by atoms with Crippen LogP contribution >= 0.6 is 0 Å². The van der Waals surface area contributed by atoms with E-state index < -0.39 is 21.9 Å². The molecule has 4 rings (SSSR count). The first kappa shape index (κ1) is 24.1. The van der Waals surface area contributed by atoms with Crippen molar-refractivity contribution in [3.8, 4) is 0 Å². The minimum atomic E-state index is -3.87. The molecule has 1 aliphatic heterocycles. The molecule has 7 nitrogen and oxygen atoms in total. The van der Waals surface area contributed by atoms with Gasteiger partial charge in [0.05, 0.1) is 4.90 Å². The van der Waals surface area contributed by atoms with E-state index in [9.17, 15) is 22.7 Å². The van der Waals surface area contributed by atoms with Gasteiger partial charge in [-0.2, -0.15) is 0 Å². The highest BCUT2D eigenvalue weighted by Gasteiger charge is 2.39. The van der Waals surface area contributed by atoms with Crippen LogP contribution in [0, 0.1) is 11.2 Å². The molecule has 2 N–H and O–H groups in total. The summed E-state index contributed by atoms with van der Waals surface area (Å²) in [5.41, 5.74) is 2.25. The van der Waals surface area contributed by atoms with E-state index in [0.29, 0.717) is 25.1 Å². The van der Waals surface area contributed by atoms with Gasteiger partial charge < -0.3 is 14.6 Å². The third kappa shape index (κ3) is 4.61. The second-order valence-corrected chi connectivity index (χ2v) is 11.7. The number of halogens is 1. The number of sulfonamides is 1. The highest BCUT2D eigenvalue weighted by atomic mass is 32.2. The Morgan fingerprint density at radius 2 is 1.82 bits per heavy atom. The zero-order valence-electron chi connectivity index (χ0n) is 19.7. The van der Waals surface area contributed by atoms with Crippen LogP contribution in [0.5, 0.6) is 0 Å². The van der Waals surface area contributed by atoms with Crippen molar-refractivity contribution in [2.75, 3.05) is 11.3 Å². The Labute approximate surface area is 199 Å². The fourth-order valence-electron chi connectivity index (χ4n) is 4.94. The minimum Gasteiger partial charge on any atom is -0.465 e. The largest absolute Gasteiger partial charge is 0.465 e. The number of nitrogens with one attached hydrogen (secondary N) is 1. The molecule has 0 spiro atoms. The van der Waals surface area contributed by atoms with Gasteiger partial charge in [-0.3, -0.25) is 4.72 Å². The molecule has 1 aromatic heterocycles. The Morgan fingerprint density at radius 3 is 2.44 bits per heavy atom. The SMILES string of the molecule is Cn1cc(C2CCN(C(=O)O)C(C(C)(C)C)C2)c2cc(NS(=O)(=O)c3ccc(F)cc3)ccc21. The summed E-state index contributed by atoms with van der Waals surface area (Å²) < 4.78 is 43.4. The molecule has 0 radical (unpaired) electrons. The van der Waals surface area contributed by atoms with Gasteiger partial charge in [0.25, 0.3) is 10.0 Å². The number of amides is 1. The molecule has 2 atom stereocenters. The molecule has 1 fully saturated rings. The Hall–Kier alpha value is -3.07. The first-order valence-corrected chi connectivity index (χ1v) is 12.7. The van der Waals surface area contributed by atoms with Crippen molar-refractivity contribution < 1.29 is 22.7 Å². The van der Waals surface area contributed by atoms with E-state index in [1.807, 2.05) is 23.7 Å². The fraction of sp³-hybridized carbons (Fsp3) is 0.400. The highest BCUT2D eigenvalue weighted by molar-refractivity contribution is 7.92. The summed E-state index contributed by atoms with van der Waals surface area (Å²) in [5.74, 6) is -0.357. The van der Waals surface area contributed by atoms with E-state index >= 15 is 0 Å². The normalized spacial score (nSPS) is 19.4. The molecule has 2 heterocycles. The lowest BCUT2D eigenvalue weighted by atomic mass is 9.75. The van der Waals surface area contributed by atoms with Crippen molar-refractivity contribution in [1.82, 2.24) is 9.47 Å². The van der Waals surface area contributed by atoms with Crippen molar-refractivity contribution in [2.24, 2.45) is 12.5 Å². The summed E-state index contributed by atoms with van der Waals surface area (Å²) in [6.45, 7) is 6.62. The number of carboxylic acid groups (broad SMARTS) is 1. The molecule has 0 saturated carbocycles. The summed E-state index contributed by atoms with van der Waals surface area (Å²) in [5, 5.41) is 10.6. The van der Waals surface area contributed by atoms with Crippen LogP contribution in [-0.4, -0.2) is 41.7 Å². The monoisotopic (exact) mass is 487 g/mol. The molecule has 1 saturated heterocycles. The number of benzene rings is 2. The van der Waals surface area contributed by atoms with Crippen LogP contribution in [0.3, 0.4) is 0 Å². The fourth-order valence-corrected chi connectivity index (χ4v) is 5.99. The van der Waals surface area contributed by atoms with E-state index in [4.69, 9.17) is 0 Å². The van der Waals surface area contributed by atoms with Crippen molar-refractivity contribution >= 4 is 32.7 Å². The van der Waals surface area contributed by atoms with Crippen molar-refractivity contribution in [1.29, 1.82) is 0 Å². The third-order valence-electron chi connectivity index (χ3n) is 6.68. The van der Waals surface area contributed by atoms with Crippen LogP contribution in [0.2, 0.25) is 0 Å². The van der Waals surface area contributed by atoms with Crippen LogP contribution < -0.4 is 4.72 Å². The zero-order valence-corrected chi connectivity index (χ0v) is 20.6. The van der Waals surface area contributed by atoms with Crippen LogP contribution in [0.4, 0.5) is 14.9 Å². The van der Waals surface area contributed by atoms with E-state index in [1.54, 1.807) is 11.0 Å². The molecule has 1 aliphatic rings. The van der Waals surface area contributed by atoms with Crippen LogP contribution in [0.15, 0.2) is 53.6 Å². The number of likely N-dealkylation sites (tertiary alicyclic amines) is 1. The molecule has 0 aliphatic carbocycles. The second kappa shape index (κ2) is 8.61.